The second-order valence-electron chi connectivity index (χ2n) is 6.71. The van der Waals surface area contributed by atoms with Crippen LogP contribution in [0.3, 0.4) is 0 Å². The predicted octanol–water partition coefficient (Wildman–Crippen LogP) is 2.81. The molecule has 1 aliphatic rings. The summed E-state index contributed by atoms with van der Waals surface area (Å²) in [4.78, 5) is 0.370. The van der Waals surface area contributed by atoms with Gasteiger partial charge in [0.15, 0.2) is 0 Å². The van der Waals surface area contributed by atoms with Crippen LogP contribution in [0.4, 0.5) is 0 Å². The van der Waals surface area contributed by atoms with Gasteiger partial charge in [0, 0.05) is 6.54 Å². The molecule has 0 bridgehead atoms. The van der Waals surface area contributed by atoms with Crippen LogP contribution in [0, 0.1) is 34.6 Å². The molecule has 4 nitrogen and oxygen atoms in total. The van der Waals surface area contributed by atoms with Crippen molar-refractivity contribution < 1.29 is 13.5 Å². The van der Waals surface area contributed by atoms with Gasteiger partial charge in [-0.05, 0) is 75.3 Å². The first-order valence-corrected chi connectivity index (χ1v) is 9.36. The molecule has 0 amide bonds. The average Bonchev–Trinajstić information content (AvgIpc) is 2.88. The van der Waals surface area contributed by atoms with Crippen molar-refractivity contribution in [3.05, 3.63) is 27.8 Å². The lowest BCUT2D eigenvalue weighted by molar-refractivity contribution is 0.0531. The van der Waals surface area contributed by atoms with E-state index in [1.165, 1.54) is 0 Å². The Balaban J connectivity index is 2.38. The van der Waals surface area contributed by atoms with Gasteiger partial charge in [0.1, 0.15) is 0 Å². The van der Waals surface area contributed by atoms with E-state index in [2.05, 4.69) is 4.72 Å². The topological polar surface area (TPSA) is 66.4 Å². The average molecular weight is 325 g/mol. The SMILES string of the molecule is Cc1c(C)c(C)c(S(=O)(=O)NCC2(O)CCCC2)c(C)c1C. The first-order valence-electron chi connectivity index (χ1n) is 7.88. The highest BCUT2D eigenvalue weighted by molar-refractivity contribution is 7.89. The number of nitrogens with one attached hydrogen (secondary N) is 1. The minimum absolute atomic E-state index is 0.0974. The molecule has 1 fully saturated rings. The van der Waals surface area contributed by atoms with Crippen molar-refractivity contribution in [2.45, 2.75) is 70.8 Å². The summed E-state index contributed by atoms with van der Waals surface area (Å²) in [5.41, 5.74) is 3.89. The van der Waals surface area contributed by atoms with Crippen molar-refractivity contribution in [2.24, 2.45) is 0 Å². The van der Waals surface area contributed by atoms with Crippen LogP contribution in [0.25, 0.3) is 0 Å². The lowest BCUT2D eigenvalue weighted by Gasteiger charge is -2.24. The third-order valence-electron chi connectivity index (χ3n) is 5.33. The maximum Gasteiger partial charge on any atom is 0.241 e. The first-order chi connectivity index (χ1) is 10.1. The molecule has 1 saturated carbocycles. The predicted molar refractivity (Wildman–Crippen MR) is 88.7 cm³/mol. The monoisotopic (exact) mass is 325 g/mol. The van der Waals surface area contributed by atoms with Gasteiger partial charge in [-0.1, -0.05) is 12.8 Å². The van der Waals surface area contributed by atoms with Crippen molar-refractivity contribution in [1.29, 1.82) is 0 Å². The van der Waals surface area contributed by atoms with Crippen LogP contribution in [0.15, 0.2) is 4.90 Å². The third-order valence-corrected chi connectivity index (χ3v) is 7.00. The number of sulfonamides is 1. The van der Waals surface area contributed by atoms with E-state index in [1.54, 1.807) is 0 Å². The van der Waals surface area contributed by atoms with E-state index in [0.717, 1.165) is 40.7 Å². The molecule has 0 spiro atoms. The molecule has 124 valence electrons. The van der Waals surface area contributed by atoms with E-state index in [4.69, 9.17) is 0 Å². The van der Waals surface area contributed by atoms with Crippen molar-refractivity contribution in [2.75, 3.05) is 6.54 Å². The summed E-state index contributed by atoms with van der Waals surface area (Å²) >= 11 is 0. The second kappa shape index (κ2) is 5.95. The van der Waals surface area contributed by atoms with Crippen molar-refractivity contribution in [3.8, 4) is 0 Å². The Bertz CT molecular complexity index is 657. The van der Waals surface area contributed by atoms with E-state index < -0.39 is 15.6 Å². The molecule has 22 heavy (non-hydrogen) atoms. The lowest BCUT2D eigenvalue weighted by Crippen LogP contribution is -2.41. The molecule has 2 rings (SSSR count). The highest BCUT2D eigenvalue weighted by Gasteiger charge is 2.33. The third kappa shape index (κ3) is 3.07. The van der Waals surface area contributed by atoms with Crippen LogP contribution >= 0.6 is 0 Å². The fourth-order valence-corrected chi connectivity index (χ4v) is 5.10. The smallest absolute Gasteiger partial charge is 0.241 e. The van der Waals surface area contributed by atoms with Crippen molar-refractivity contribution in [3.63, 3.8) is 0 Å². The van der Waals surface area contributed by atoms with Crippen LogP contribution in [0.5, 0.6) is 0 Å². The van der Waals surface area contributed by atoms with Crippen molar-refractivity contribution in [1.82, 2.24) is 4.72 Å². The largest absolute Gasteiger partial charge is 0.389 e. The molecular weight excluding hydrogens is 298 g/mol. The molecule has 0 radical (unpaired) electrons. The molecule has 0 saturated heterocycles. The number of benzene rings is 1. The van der Waals surface area contributed by atoms with Gasteiger partial charge in [0.05, 0.1) is 10.5 Å². The van der Waals surface area contributed by atoms with E-state index in [-0.39, 0.29) is 6.54 Å². The van der Waals surface area contributed by atoms with E-state index in [9.17, 15) is 13.5 Å². The van der Waals surface area contributed by atoms with Crippen LogP contribution in [0.1, 0.15) is 53.5 Å². The molecular formula is C17H27NO3S. The normalized spacial score (nSPS) is 17.9. The minimum atomic E-state index is -3.62. The van der Waals surface area contributed by atoms with Gasteiger partial charge in [-0.25, -0.2) is 13.1 Å². The highest BCUT2D eigenvalue weighted by atomic mass is 32.2. The molecule has 0 aliphatic heterocycles. The van der Waals surface area contributed by atoms with E-state index in [1.807, 2.05) is 34.6 Å². The molecule has 1 aromatic carbocycles. The number of rotatable bonds is 4. The van der Waals surface area contributed by atoms with Crippen LogP contribution < -0.4 is 4.72 Å². The fraction of sp³-hybridized carbons (Fsp3) is 0.647. The molecule has 0 atom stereocenters. The summed E-state index contributed by atoms with van der Waals surface area (Å²) in [5, 5.41) is 10.4. The molecule has 2 N–H and O–H groups in total. The summed E-state index contributed by atoms with van der Waals surface area (Å²) in [6, 6.07) is 0. The van der Waals surface area contributed by atoms with Gasteiger partial charge >= 0.3 is 0 Å². The molecule has 0 unspecified atom stereocenters. The summed E-state index contributed by atoms with van der Waals surface area (Å²) in [5.74, 6) is 0. The summed E-state index contributed by atoms with van der Waals surface area (Å²) < 4.78 is 28.2. The molecule has 0 heterocycles. The molecule has 1 aliphatic carbocycles. The summed E-state index contributed by atoms with van der Waals surface area (Å²) in [7, 11) is -3.62. The standard InChI is InChI=1S/C17H27NO3S/c1-11-12(2)14(4)16(15(5)13(11)3)22(20,21)18-10-17(19)8-6-7-9-17/h18-19H,6-10H2,1-5H3. The fourth-order valence-electron chi connectivity index (χ4n) is 3.38. The Labute approximate surface area is 134 Å². The van der Waals surface area contributed by atoms with Gasteiger partial charge in [-0.3, -0.25) is 0 Å². The first kappa shape index (κ1) is 17.4. The molecule has 0 aromatic heterocycles. The van der Waals surface area contributed by atoms with Crippen LogP contribution in [-0.4, -0.2) is 25.7 Å². The number of hydrogen-bond donors (Lipinski definition) is 2. The van der Waals surface area contributed by atoms with Gasteiger partial charge in [0.2, 0.25) is 10.0 Å². The maximum absolute atomic E-state index is 12.8. The zero-order valence-corrected chi connectivity index (χ0v) is 15.0. The number of hydrogen-bond acceptors (Lipinski definition) is 3. The number of aliphatic hydroxyl groups is 1. The zero-order chi connectivity index (χ0) is 16.7. The Hall–Kier alpha value is -0.910. The quantitative estimate of drug-likeness (QED) is 0.894. The maximum atomic E-state index is 12.8. The Morgan fingerprint density at radius 3 is 1.77 bits per heavy atom. The molecule has 1 aromatic rings. The van der Waals surface area contributed by atoms with Crippen molar-refractivity contribution >= 4 is 10.0 Å². The lowest BCUT2D eigenvalue weighted by atomic mass is 9.95. The van der Waals surface area contributed by atoms with Gasteiger partial charge in [-0.15, -0.1) is 0 Å². The molecule has 5 heteroatoms. The van der Waals surface area contributed by atoms with E-state index >= 15 is 0 Å². The Morgan fingerprint density at radius 2 is 1.32 bits per heavy atom. The van der Waals surface area contributed by atoms with Crippen LogP contribution in [0.2, 0.25) is 0 Å². The minimum Gasteiger partial charge on any atom is -0.389 e. The summed E-state index contributed by atoms with van der Waals surface area (Å²) in [6.07, 6.45) is 3.25. The van der Waals surface area contributed by atoms with Crippen LogP contribution in [-0.2, 0) is 10.0 Å². The van der Waals surface area contributed by atoms with Gasteiger partial charge < -0.3 is 5.11 Å². The van der Waals surface area contributed by atoms with E-state index in [0.29, 0.717) is 17.7 Å². The van der Waals surface area contributed by atoms with Gasteiger partial charge in [0.25, 0.3) is 0 Å². The highest BCUT2D eigenvalue weighted by Crippen LogP contribution is 2.31. The Morgan fingerprint density at radius 1 is 0.909 bits per heavy atom. The Kier molecular flexibility index (Phi) is 4.71. The van der Waals surface area contributed by atoms with Gasteiger partial charge in [-0.2, -0.15) is 0 Å². The zero-order valence-electron chi connectivity index (χ0n) is 14.2. The second-order valence-corrected chi connectivity index (χ2v) is 8.41. The summed E-state index contributed by atoms with van der Waals surface area (Å²) in [6.45, 7) is 9.75.